The molecular weight excluding hydrogens is 326 g/mol. The predicted molar refractivity (Wildman–Crippen MR) is 97.9 cm³/mol. The Kier molecular flexibility index (Phi) is 4.29. The van der Waals surface area contributed by atoms with Crippen LogP contribution in [0.1, 0.15) is 54.1 Å². The number of aromatic nitrogens is 4. The Bertz CT molecular complexity index is 1010. The van der Waals surface area contributed by atoms with E-state index in [0.29, 0.717) is 11.4 Å². The van der Waals surface area contributed by atoms with Gasteiger partial charge in [0.1, 0.15) is 5.82 Å². The molecule has 0 aliphatic carbocycles. The normalized spacial score (nSPS) is 15.2. The van der Waals surface area contributed by atoms with Crippen LogP contribution in [-0.4, -0.2) is 25.1 Å². The molecule has 6 nitrogen and oxygen atoms in total. The molecule has 3 heterocycles. The minimum atomic E-state index is -0.925. The molecule has 132 valence electrons. The molecule has 6 heteroatoms. The molecule has 1 aliphatic heterocycles. The Hall–Kier alpha value is -2.94. The number of aryl methyl sites for hydroxylation is 2. The molecule has 1 aliphatic rings. The van der Waals surface area contributed by atoms with Gasteiger partial charge in [0.15, 0.2) is 17.5 Å². The van der Waals surface area contributed by atoms with Crippen molar-refractivity contribution < 1.29 is 4.79 Å². The zero-order valence-corrected chi connectivity index (χ0v) is 14.9. The molecule has 0 fully saturated rings. The summed E-state index contributed by atoms with van der Waals surface area (Å²) >= 11 is 0. The minimum absolute atomic E-state index is 0.199. The largest absolute Gasteiger partial charge is 0.347 e. The van der Waals surface area contributed by atoms with Gasteiger partial charge in [0.25, 0.3) is 0 Å². The van der Waals surface area contributed by atoms with Crippen molar-refractivity contribution in [3.63, 3.8) is 0 Å². The average molecular weight is 347 g/mol. The van der Waals surface area contributed by atoms with Gasteiger partial charge >= 0.3 is 0 Å². The standard InChI is InChI=1S/C20H21N5O/c1-2-24-13-16(14-8-5-6-9-17(14)24)19(26)15(12-21)20-23-22-18-10-4-3-7-11-25(18)20/h5-6,8-9,13,15H,2-4,7,10-11H2,1H3/t15-/m1/s1. The van der Waals surface area contributed by atoms with E-state index in [4.69, 9.17) is 0 Å². The fourth-order valence-electron chi connectivity index (χ4n) is 3.81. The van der Waals surface area contributed by atoms with Gasteiger partial charge in [-0.1, -0.05) is 24.6 Å². The summed E-state index contributed by atoms with van der Waals surface area (Å²) in [5, 5.41) is 19.1. The number of nitrogens with zero attached hydrogens (tertiary/aromatic N) is 5. The number of carbonyl (C=O) groups excluding carboxylic acids is 1. The van der Waals surface area contributed by atoms with E-state index >= 15 is 0 Å². The minimum Gasteiger partial charge on any atom is -0.347 e. The molecule has 3 aromatic rings. The molecule has 0 amide bonds. The highest BCUT2D eigenvalue weighted by Gasteiger charge is 2.30. The van der Waals surface area contributed by atoms with Crippen molar-refractivity contribution in [2.45, 2.75) is 51.6 Å². The van der Waals surface area contributed by atoms with Crippen LogP contribution in [0, 0.1) is 11.3 Å². The molecule has 0 N–H and O–H groups in total. The first-order chi connectivity index (χ1) is 12.7. The van der Waals surface area contributed by atoms with Gasteiger partial charge in [-0.3, -0.25) is 4.79 Å². The number of rotatable bonds is 4. The van der Waals surface area contributed by atoms with E-state index in [2.05, 4.69) is 16.3 Å². The Morgan fingerprint density at radius 1 is 1.27 bits per heavy atom. The second-order valence-electron chi connectivity index (χ2n) is 6.71. The summed E-state index contributed by atoms with van der Waals surface area (Å²) in [6.07, 6.45) is 5.95. The van der Waals surface area contributed by atoms with Gasteiger partial charge in [-0.25, -0.2) is 0 Å². The van der Waals surface area contributed by atoms with Crippen LogP contribution in [0.3, 0.4) is 0 Å². The SMILES string of the molecule is CCn1cc(C(=O)[C@@H](C#N)c2nnc3n2CCCCC3)c2ccccc21. The smallest absolute Gasteiger partial charge is 0.189 e. The zero-order chi connectivity index (χ0) is 18.1. The summed E-state index contributed by atoms with van der Waals surface area (Å²) in [5.74, 6) is 0.255. The molecule has 1 atom stereocenters. The van der Waals surface area contributed by atoms with Crippen LogP contribution in [0.4, 0.5) is 0 Å². The molecule has 1 aromatic carbocycles. The van der Waals surface area contributed by atoms with Crippen LogP contribution >= 0.6 is 0 Å². The highest BCUT2D eigenvalue weighted by atomic mass is 16.1. The lowest BCUT2D eigenvalue weighted by atomic mass is 9.97. The maximum absolute atomic E-state index is 13.3. The summed E-state index contributed by atoms with van der Waals surface area (Å²) in [4.78, 5) is 13.3. The number of para-hydroxylation sites is 1. The molecule has 0 radical (unpaired) electrons. The fourth-order valence-corrected chi connectivity index (χ4v) is 3.81. The number of ketones is 1. The van der Waals surface area contributed by atoms with Crippen LogP contribution < -0.4 is 0 Å². The third-order valence-corrected chi connectivity index (χ3v) is 5.18. The fraction of sp³-hybridized carbons (Fsp3) is 0.400. The van der Waals surface area contributed by atoms with Crippen molar-refractivity contribution in [1.82, 2.24) is 19.3 Å². The molecule has 0 spiro atoms. The topological polar surface area (TPSA) is 76.5 Å². The number of hydrogen-bond donors (Lipinski definition) is 0. The van der Waals surface area contributed by atoms with Crippen molar-refractivity contribution in [1.29, 1.82) is 5.26 Å². The highest BCUT2D eigenvalue weighted by molar-refractivity contribution is 6.11. The number of benzene rings is 1. The Balaban J connectivity index is 1.78. The van der Waals surface area contributed by atoms with E-state index in [1.54, 1.807) is 0 Å². The third-order valence-electron chi connectivity index (χ3n) is 5.18. The first kappa shape index (κ1) is 16.5. The first-order valence-electron chi connectivity index (χ1n) is 9.18. The Labute approximate surface area is 152 Å². The van der Waals surface area contributed by atoms with Gasteiger partial charge in [0.05, 0.1) is 6.07 Å². The number of Topliss-reactive ketones (excluding diaryl/α,β-unsaturated/α-hetero) is 1. The molecule has 0 unspecified atom stereocenters. The van der Waals surface area contributed by atoms with Crippen molar-refractivity contribution in [2.75, 3.05) is 0 Å². The molecule has 2 aromatic heterocycles. The second kappa shape index (κ2) is 6.75. The second-order valence-corrected chi connectivity index (χ2v) is 6.71. The Morgan fingerprint density at radius 3 is 2.92 bits per heavy atom. The summed E-state index contributed by atoms with van der Waals surface area (Å²) < 4.78 is 4.03. The summed E-state index contributed by atoms with van der Waals surface area (Å²) in [6.45, 7) is 3.59. The van der Waals surface area contributed by atoms with Gasteiger partial charge in [-0.15, -0.1) is 10.2 Å². The molecule has 26 heavy (non-hydrogen) atoms. The molecule has 0 saturated heterocycles. The van der Waals surface area contributed by atoms with Crippen molar-refractivity contribution in [3.8, 4) is 6.07 Å². The van der Waals surface area contributed by atoms with Crippen molar-refractivity contribution >= 4 is 16.7 Å². The quantitative estimate of drug-likeness (QED) is 0.677. The molecule has 0 saturated carbocycles. The maximum Gasteiger partial charge on any atom is 0.189 e. The van der Waals surface area contributed by atoms with Crippen molar-refractivity contribution in [3.05, 3.63) is 47.7 Å². The van der Waals surface area contributed by atoms with E-state index in [1.807, 2.05) is 46.5 Å². The Morgan fingerprint density at radius 2 is 2.12 bits per heavy atom. The summed E-state index contributed by atoms with van der Waals surface area (Å²) in [5.41, 5.74) is 1.59. The summed E-state index contributed by atoms with van der Waals surface area (Å²) in [7, 11) is 0. The lowest BCUT2D eigenvalue weighted by Gasteiger charge is -2.10. The third kappa shape index (κ3) is 2.60. The van der Waals surface area contributed by atoms with Gasteiger partial charge in [0, 0.05) is 42.2 Å². The van der Waals surface area contributed by atoms with Gasteiger partial charge < -0.3 is 9.13 Å². The number of hydrogen-bond acceptors (Lipinski definition) is 4. The van der Waals surface area contributed by atoms with Crippen LogP contribution in [0.2, 0.25) is 0 Å². The van der Waals surface area contributed by atoms with E-state index in [-0.39, 0.29) is 5.78 Å². The zero-order valence-electron chi connectivity index (χ0n) is 14.9. The van der Waals surface area contributed by atoms with Gasteiger partial charge in [-0.2, -0.15) is 5.26 Å². The number of carbonyl (C=O) groups is 1. The van der Waals surface area contributed by atoms with Crippen molar-refractivity contribution in [2.24, 2.45) is 0 Å². The van der Waals surface area contributed by atoms with Crippen LogP contribution in [-0.2, 0) is 19.5 Å². The predicted octanol–water partition coefficient (Wildman–Crippen LogP) is 3.47. The van der Waals surface area contributed by atoms with E-state index in [1.165, 1.54) is 0 Å². The van der Waals surface area contributed by atoms with Crippen LogP contribution in [0.5, 0.6) is 0 Å². The average Bonchev–Trinajstić information content (AvgIpc) is 3.15. The van der Waals surface area contributed by atoms with E-state index in [0.717, 1.165) is 55.5 Å². The summed E-state index contributed by atoms with van der Waals surface area (Å²) in [6, 6.07) is 10.0. The molecule has 0 bridgehead atoms. The lowest BCUT2D eigenvalue weighted by Crippen LogP contribution is -2.17. The van der Waals surface area contributed by atoms with Crippen LogP contribution in [0.15, 0.2) is 30.5 Å². The number of nitriles is 1. The molecule has 4 rings (SSSR count). The van der Waals surface area contributed by atoms with Gasteiger partial charge in [-0.05, 0) is 25.8 Å². The number of fused-ring (bicyclic) bond motifs is 2. The lowest BCUT2D eigenvalue weighted by molar-refractivity contribution is 0.0976. The van der Waals surface area contributed by atoms with E-state index < -0.39 is 5.92 Å². The first-order valence-corrected chi connectivity index (χ1v) is 9.18. The van der Waals surface area contributed by atoms with Gasteiger partial charge in [0.2, 0.25) is 0 Å². The van der Waals surface area contributed by atoms with Crippen LogP contribution in [0.25, 0.3) is 10.9 Å². The highest BCUT2D eigenvalue weighted by Crippen LogP contribution is 2.28. The molecular formula is C20H21N5O. The maximum atomic E-state index is 13.3. The van der Waals surface area contributed by atoms with E-state index in [9.17, 15) is 10.1 Å². The monoisotopic (exact) mass is 347 g/mol.